The zero-order valence-corrected chi connectivity index (χ0v) is 10.6. The lowest BCUT2D eigenvalue weighted by Gasteiger charge is -2.06. The number of nitrogens with zero attached hydrogens (tertiary/aromatic N) is 3. The molecule has 0 aliphatic heterocycles. The molecule has 0 fully saturated rings. The first-order valence-electron chi connectivity index (χ1n) is 5.92. The summed E-state index contributed by atoms with van der Waals surface area (Å²) in [5.74, 6) is 1.07. The molecule has 0 atom stereocenters. The van der Waals surface area contributed by atoms with E-state index >= 15 is 0 Å². The smallest absolute Gasteiger partial charge is 0.225 e. The van der Waals surface area contributed by atoms with Crippen LogP contribution in [-0.2, 0) is 6.42 Å². The molecule has 0 saturated heterocycles. The zero-order chi connectivity index (χ0) is 13.5. The molecule has 0 unspecified atom stereocenters. The van der Waals surface area contributed by atoms with Gasteiger partial charge in [0.05, 0.1) is 18.7 Å². The van der Waals surface area contributed by atoms with Gasteiger partial charge in [-0.1, -0.05) is 12.1 Å². The maximum atomic E-state index is 8.82. The molecule has 0 aliphatic rings. The molecule has 0 aliphatic carbocycles. The van der Waals surface area contributed by atoms with Gasteiger partial charge in [0.2, 0.25) is 11.8 Å². The molecular formula is C14H14N4O. The third kappa shape index (κ3) is 3.68. The number of anilines is 1. The van der Waals surface area contributed by atoms with Crippen molar-refractivity contribution in [3.05, 3.63) is 47.7 Å². The number of nitrogens with one attached hydrogen (secondary N) is 1. The molecule has 0 bridgehead atoms. The summed E-state index contributed by atoms with van der Waals surface area (Å²) in [5, 5.41) is 11.9. The Morgan fingerprint density at radius 2 is 2.26 bits per heavy atom. The number of hydrogen-bond donors (Lipinski definition) is 1. The molecule has 1 N–H and O–H groups in total. The van der Waals surface area contributed by atoms with E-state index in [4.69, 9.17) is 10.00 Å². The Labute approximate surface area is 111 Å². The standard InChI is InChI=1S/C14H14N4O/c1-19-13-6-8-17-14(18-13)16-7-5-11-3-2-4-12(9-11)10-15/h2-4,6,8-9H,5,7H2,1H3,(H,16,17,18). The molecule has 0 amide bonds. The second-order valence-electron chi connectivity index (χ2n) is 3.91. The highest BCUT2D eigenvalue weighted by molar-refractivity contribution is 5.33. The van der Waals surface area contributed by atoms with E-state index in [1.54, 1.807) is 25.4 Å². The normalized spacial score (nSPS) is 9.68. The second kappa shape index (κ2) is 6.36. The first-order chi connectivity index (χ1) is 9.31. The minimum atomic E-state index is 0.531. The molecule has 5 nitrogen and oxygen atoms in total. The monoisotopic (exact) mass is 254 g/mol. The minimum Gasteiger partial charge on any atom is -0.481 e. The largest absolute Gasteiger partial charge is 0.481 e. The maximum Gasteiger partial charge on any atom is 0.225 e. The summed E-state index contributed by atoms with van der Waals surface area (Å²) >= 11 is 0. The van der Waals surface area contributed by atoms with Gasteiger partial charge in [-0.15, -0.1) is 0 Å². The molecule has 1 aromatic carbocycles. The molecule has 2 aromatic rings. The van der Waals surface area contributed by atoms with Crippen LogP contribution in [0.15, 0.2) is 36.5 Å². The lowest BCUT2D eigenvalue weighted by molar-refractivity contribution is 0.397. The zero-order valence-electron chi connectivity index (χ0n) is 10.6. The van der Waals surface area contributed by atoms with Gasteiger partial charge in [0.25, 0.3) is 0 Å². The summed E-state index contributed by atoms with van der Waals surface area (Å²) in [6, 6.07) is 11.4. The number of hydrogen-bond acceptors (Lipinski definition) is 5. The first kappa shape index (κ1) is 12.8. The van der Waals surface area contributed by atoms with Gasteiger partial charge in [-0.3, -0.25) is 0 Å². The molecular weight excluding hydrogens is 240 g/mol. The highest BCUT2D eigenvalue weighted by atomic mass is 16.5. The van der Waals surface area contributed by atoms with Gasteiger partial charge in [0.15, 0.2) is 0 Å². The van der Waals surface area contributed by atoms with E-state index in [9.17, 15) is 0 Å². The van der Waals surface area contributed by atoms with Crippen molar-refractivity contribution in [2.45, 2.75) is 6.42 Å². The number of benzene rings is 1. The number of nitriles is 1. The highest BCUT2D eigenvalue weighted by Gasteiger charge is 1.99. The Morgan fingerprint density at radius 1 is 1.37 bits per heavy atom. The van der Waals surface area contributed by atoms with Crippen molar-refractivity contribution < 1.29 is 4.74 Å². The van der Waals surface area contributed by atoms with Gasteiger partial charge in [0.1, 0.15) is 0 Å². The first-order valence-corrected chi connectivity index (χ1v) is 5.92. The average molecular weight is 254 g/mol. The van der Waals surface area contributed by atoms with Gasteiger partial charge in [-0.2, -0.15) is 10.2 Å². The van der Waals surface area contributed by atoms with E-state index < -0.39 is 0 Å². The molecule has 96 valence electrons. The molecule has 1 heterocycles. The van der Waals surface area contributed by atoms with Crippen molar-refractivity contribution >= 4 is 5.95 Å². The SMILES string of the molecule is COc1ccnc(NCCc2cccc(C#N)c2)n1. The predicted molar refractivity (Wildman–Crippen MR) is 71.9 cm³/mol. The van der Waals surface area contributed by atoms with E-state index in [0.717, 1.165) is 12.0 Å². The van der Waals surface area contributed by atoms with Gasteiger partial charge in [-0.25, -0.2) is 4.98 Å². The van der Waals surface area contributed by atoms with E-state index in [1.807, 2.05) is 18.2 Å². The Balaban J connectivity index is 1.90. The van der Waals surface area contributed by atoms with Crippen molar-refractivity contribution in [3.8, 4) is 11.9 Å². The molecule has 19 heavy (non-hydrogen) atoms. The van der Waals surface area contributed by atoms with Crippen LogP contribution in [0.2, 0.25) is 0 Å². The third-order valence-electron chi connectivity index (χ3n) is 2.59. The predicted octanol–water partition coefficient (Wildman–Crippen LogP) is 2.01. The van der Waals surface area contributed by atoms with Crippen LogP contribution in [0.5, 0.6) is 5.88 Å². The molecule has 0 saturated carbocycles. The van der Waals surface area contributed by atoms with E-state index in [1.165, 1.54) is 0 Å². The van der Waals surface area contributed by atoms with Crippen LogP contribution in [0.1, 0.15) is 11.1 Å². The number of rotatable bonds is 5. The number of ether oxygens (including phenoxy) is 1. The van der Waals surface area contributed by atoms with Gasteiger partial charge < -0.3 is 10.1 Å². The van der Waals surface area contributed by atoms with E-state index in [2.05, 4.69) is 21.4 Å². The summed E-state index contributed by atoms with van der Waals surface area (Å²) in [6.07, 6.45) is 2.44. The van der Waals surface area contributed by atoms with Crippen LogP contribution in [0.25, 0.3) is 0 Å². The molecule has 1 aromatic heterocycles. The summed E-state index contributed by atoms with van der Waals surface area (Å²) in [6.45, 7) is 0.696. The van der Waals surface area contributed by atoms with Crippen LogP contribution in [0, 0.1) is 11.3 Å². The van der Waals surface area contributed by atoms with E-state index in [0.29, 0.717) is 23.9 Å². The van der Waals surface area contributed by atoms with E-state index in [-0.39, 0.29) is 0 Å². The lowest BCUT2D eigenvalue weighted by atomic mass is 10.1. The second-order valence-corrected chi connectivity index (χ2v) is 3.91. The van der Waals surface area contributed by atoms with Crippen LogP contribution in [-0.4, -0.2) is 23.6 Å². The third-order valence-corrected chi connectivity index (χ3v) is 2.59. The molecule has 0 radical (unpaired) electrons. The van der Waals surface area contributed by atoms with Crippen LogP contribution in [0.4, 0.5) is 5.95 Å². The van der Waals surface area contributed by atoms with Crippen LogP contribution >= 0.6 is 0 Å². The minimum absolute atomic E-state index is 0.531. The topological polar surface area (TPSA) is 70.8 Å². The van der Waals surface area contributed by atoms with Crippen molar-refractivity contribution in [2.75, 3.05) is 19.0 Å². The van der Waals surface area contributed by atoms with Crippen molar-refractivity contribution in [2.24, 2.45) is 0 Å². The fourth-order valence-corrected chi connectivity index (χ4v) is 1.66. The van der Waals surface area contributed by atoms with Crippen molar-refractivity contribution in [3.63, 3.8) is 0 Å². The Morgan fingerprint density at radius 3 is 3.05 bits per heavy atom. The summed E-state index contributed by atoms with van der Waals surface area (Å²) in [7, 11) is 1.57. The summed E-state index contributed by atoms with van der Waals surface area (Å²) in [4.78, 5) is 8.26. The van der Waals surface area contributed by atoms with Crippen molar-refractivity contribution in [1.82, 2.24) is 9.97 Å². The Kier molecular flexibility index (Phi) is 4.29. The molecule has 5 heteroatoms. The fourth-order valence-electron chi connectivity index (χ4n) is 1.66. The van der Waals surface area contributed by atoms with Crippen LogP contribution < -0.4 is 10.1 Å². The highest BCUT2D eigenvalue weighted by Crippen LogP contribution is 2.08. The molecule has 0 spiro atoms. The van der Waals surface area contributed by atoms with Crippen molar-refractivity contribution in [1.29, 1.82) is 5.26 Å². The fraction of sp³-hybridized carbons (Fsp3) is 0.214. The number of aromatic nitrogens is 2. The Bertz CT molecular complexity index is 592. The quantitative estimate of drug-likeness (QED) is 0.883. The number of methoxy groups -OCH3 is 1. The maximum absolute atomic E-state index is 8.82. The molecule has 2 rings (SSSR count). The summed E-state index contributed by atoms with van der Waals surface area (Å²) < 4.78 is 5.02. The van der Waals surface area contributed by atoms with Gasteiger partial charge >= 0.3 is 0 Å². The van der Waals surface area contributed by atoms with Gasteiger partial charge in [0, 0.05) is 18.8 Å². The van der Waals surface area contributed by atoms with Gasteiger partial charge in [-0.05, 0) is 24.1 Å². The average Bonchev–Trinajstić information content (AvgIpc) is 2.48. The summed E-state index contributed by atoms with van der Waals surface area (Å²) in [5.41, 5.74) is 1.78. The van der Waals surface area contributed by atoms with Crippen LogP contribution in [0.3, 0.4) is 0 Å². The Hall–Kier alpha value is -2.61. The lowest BCUT2D eigenvalue weighted by Crippen LogP contribution is -2.08.